The number of nitrogens with one attached hydrogen (secondary N) is 1. The van der Waals surface area contributed by atoms with Crippen molar-refractivity contribution in [3.05, 3.63) is 115 Å². The molecule has 0 aliphatic heterocycles. The number of nitrogens with zero attached hydrogens (tertiary/aromatic N) is 1. The van der Waals surface area contributed by atoms with E-state index in [1.54, 1.807) is 0 Å². The highest BCUT2D eigenvalue weighted by atomic mass is 14.9. The molecule has 2 nitrogen and oxygen atoms in total. The number of imidazole rings is 1. The average molecular weight is 386 g/mol. The maximum atomic E-state index is 4.99. The molecule has 0 saturated carbocycles. The monoisotopic (exact) mass is 386 g/mol. The van der Waals surface area contributed by atoms with E-state index >= 15 is 0 Å². The van der Waals surface area contributed by atoms with E-state index in [0.717, 1.165) is 33.9 Å². The van der Waals surface area contributed by atoms with Crippen LogP contribution in [0.1, 0.15) is 5.56 Å². The molecule has 4 aromatic carbocycles. The molecule has 0 bridgehead atoms. The number of aromatic nitrogens is 2. The SMILES string of the molecule is Cc1ccc(-c2ccc(-c3nc(-c4ccccc4)c(-c4ccccc4)[nH]3)cc2)cc1. The molecule has 0 aliphatic rings. The summed E-state index contributed by atoms with van der Waals surface area (Å²) in [5, 5.41) is 0. The van der Waals surface area contributed by atoms with E-state index in [2.05, 4.69) is 109 Å². The Morgan fingerprint density at radius 2 is 1.00 bits per heavy atom. The lowest BCUT2D eigenvalue weighted by Crippen LogP contribution is -1.83. The van der Waals surface area contributed by atoms with E-state index < -0.39 is 0 Å². The lowest BCUT2D eigenvalue weighted by atomic mass is 10.0. The first-order chi connectivity index (χ1) is 14.8. The van der Waals surface area contributed by atoms with Crippen molar-refractivity contribution in [2.24, 2.45) is 0 Å². The van der Waals surface area contributed by atoms with Crippen LogP contribution in [0.2, 0.25) is 0 Å². The van der Waals surface area contributed by atoms with Crippen LogP contribution >= 0.6 is 0 Å². The van der Waals surface area contributed by atoms with Gasteiger partial charge in [-0.15, -0.1) is 0 Å². The van der Waals surface area contributed by atoms with Gasteiger partial charge in [0.2, 0.25) is 0 Å². The molecule has 0 spiro atoms. The summed E-state index contributed by atoms with van der Waals surface area (Å²) in [5.74, 6) is 0.878. The van der Waals surface area contributed by atoms with Gasteiger partial charge in [-0.25, -0.2) is 4.98 Å². The smallest absolute Gasteiger partial charge is 0.138 e. The van der Waals surface area contributed by atoms with Gasteiger partial charge in [0.15, 0.2) is 0 Å². The zero-order valence-corrected chi connectivity index (χ0v) is 16.8. The Morgan fingerprint density at radius 3 is 1.60 bits per heavy atom. The van der Waals surface area contributed by atoms with Crippen molar-refractivity contribution in [3.8, 4) is 45.0 Å². The first kappa shape index (κ1) is 18.1. The number of aromatic amines is 1. The van der Waals surface area contributed by atoms with E-state index in [1.165, 1.54) is 16.7 Å². The minimum atomic E-state index is 0.878. The summed E-state index contributed by atoms with van der Waals surface area (Å²) in [6.45, 7) is 2.11. The second-order valence-electron chi connectivity index (χ2n) is 7.48. The molecule has 5 aromatic rings. The van der Waals surface area contributed by atoms with Gasteiger partial charge in [0, 0.05) is 16.7 Å². The predicted octanol–water partition coefficient (Wildman–Crippen LogP) is 7.39. The maximum Gasteiger partial charge on any atom is 0.138 e. The summed E-state index contributed by atoms with van der Waals surface area (Å²) in [6.07, 6.45) is 0. The van der Waals surface area contributed by atoms with Gasteiger partial charge in [-0.1, -0.05) is 115 Å². The van der Waals surface area contributed by atoms with Crippen LogP contribution in [0.25, 0.3) is 45.0 Å². The Hall–Kier alpha value is -3.91. The molecule has 0 aliphatic carbocycles. The van der Waals surface area contributed by atoms with Crippen LogP contribution in [-0.2, 0) is 0 Å². The van der Waals surface area contributed by atoms with Crippen molar-refractivity contribution in [1.29, 1.82) is 0 Å². The third kappa shape index (κ3) is 3.56. The Labute approximate surface area is 176 Å². The number of hydrogen-bond acceptors (Lipinski definition) is 1. The minimum Gasteiger partial charge on any atom is -0.337 e. The molecule has 0 fully saturated rings. The quantitative estimate of drug-likeness (QED) is 0.343. The summed E-state index contributed by atoms with van der Waals surface area (Å²) in [4.78, 5) is 8.55. The summed E-state index contributed by atoms with van der Waals surface area (Å²) in [6, 6.07) is 37.9. The Bertz CT molecular complexity index is 1190. The van der Waals surface area contributed by atoms with E-state index in [9.17, 15) is 0 Å². The highest BCUT2D eigenvalue weighted by molar-refractivity contribution is 5.81. The third-order valence-corrected chi connectivity index (χ3v) is 5.36. The summed E-state index contributed by atoms with van der Waals surface area (Å²) < 4.78 is 0. The van der Waals surface area contributed by atoms with Gasteiger partial charge in [-0.05, 0) is 18.1 Å². The predicted molar refractivity (Wildman–Crippen MR) is 125 cm³/mol. The Kier molecular flexibility index (Phi) is 4.74. The minimum absolute atomic E-state index is 0.878. The standard InChI is InChI=1S/C28H22N2/c1-20-12-14-21(15-13-20)22-16-18-25(19-17-22)28-29-26(23-8-4-2-5-9-23)27(30-28)24-10-6-3-7-11-24/h2-19H,1H3,(H,29,30). The molecule has 0 amide bonds. The van der Waals surface area contributed by atoms with Crippen LogP contribution in [0, 0.1) is 6.92 Å². The molecule has 0 radical (unpaired) electrons. The van der Waals surface area contributed by atoms with Gasteiger partial charge in [-0.2, -0.15) is 0 Å². The molecule has 0 unspecified atom stereocenters. The van der Waals surface area contributed by atoms with Gasteiger partial charge >= 0.3 is 0 Å². The molecule has 30 heavy (non-hydrogen) atoms. The highest BCUT2D eigenvalue weighted by Gasteiger charge is 2.15. The zero-order chi connectivity index (χ0) is 20.3. The molecule has 5 rings (SSSR count). The first-order valence-corrected chi connectivity index (χ1v) is 10.2. The van der Waals surface area contributed by atoms with Crippen molar-refractivity contribution >= 4 is 0 Å². The van der Waals surface area contributed by atoms with E-state index in [1.807, 2.05) is 12.1 Å². The topological polar surface area (TPSA) is 28.7 Å². The lowest BCUT2D eigenvalue weighted by Gasteiger charge is -2.04. The van der Waals surface area contributed by atoms with Gasteiger partial charge < -0.3 is 4.98 Å². The van der Waals surface area contributed by atoms with Crippen LogP contribution in [0.4, 0.5) is 0 Å². The fourth-order valence-corrected chi connectivity index (χ4v) is 3.70. The normalized spacial score (nSPS) is 10.8. The van der Waals surface area contributed by atoms with Crippen molar-refractivity contribution in [3.63, 3.8) is 0 Å². The van der Waals surface area contributed by atoms with Crippen molar-refractivity contribution < 1.29 is 0 Å². The number of aryl methyl sites for hydroxylation is 1. The molecular formula is C28H22N2. The van der Waals surface area contributed by atoms with Gasteiger partial charge in [0.05, 0.1) is 11.4 Å². The summed E-state index contributed by atoms with van der Waals surface area (Å²) in [5.41, 5.74) is 9.02. The van der Waals surface area contributed by atoms with Crippen molar-refractivity contribution in [1.82, 2.24) is 9.97 Å². The highest BCUT2D eigenvalue weighted by Crippen LogP contribution is 2.33. The second kappa shape index (κ2) is 7.84. The second-order valence-corrected chi connectivity index (χ2v) is 7.48. The number of rotatable bonds is 4. The van der Waals surface area contributed by atoms with Gasteiger partial charge in [-0.3, -0.25) is 0 Å². The zero-order valence-electron chi connectivity index (χ0n) is 16.8. The van der Waals surface area contributed by atoms with Crippen LogP contribution in [0.5, 0.6) is 0 Å². The van der Waals surface area contributed by atoms with Crippen LogP contribution < -0.4 is 0 Å². The van der Waals surface area contributed by atoms with E-state index in [0.29, 0.717) is 0 Å². The molecule has 144 valence electrons. The summed E-state index contributed by atoms with van der Waals surface area (Å²) >= 11 is 0. The van der Waals surface area contributed by atoms with Crippen molar-refractivity contribution in [2.45, 2.75) is 6.92 Å². The first-order valence-electron chi connectivity index (χ1n) is 10.2. The fraction of sp³-hybridized carbons (Fsp3) is 0.0357. The van der Waals surface area contributed by atoms with Crippen LogP contribution in [0.3, 0.4) is 0 Å². The third-order valence-electron chi connectivity index (χ3n) is 5.36. The number of H-pyrrole nitrogens is 1. The van der Waals surface area contributed by atoms with Crippen LogP contribution in [0.15, 0.2) is 109 Å². The van der Waals surface area contributed by atoms with Gasteiger partial charge in [0.1, 0.15) is 5.82 Å². The van der Waals surface area contributed by atoms with Crippen molar-refractivity contribution in [2.75, 3.05) is 0 Å². The molecule has 0 atom stereocenters. The van der Waals surface area contributed by atoms with Crippen LogP contribution in [-0.4, -0.2) is 9.97 Å². The summed E-state index contributed by atoms with van der Waals surface area (Å²) in [7, 11) is 0. The number of benzene rings is 4. The molecule has 0 saturated heterocycles. The Balaban J connectivity index is 1.56. The molecule has 2 heteroatoms. The number of hydrogen-bond donors (Lipinski definition) is 1. The maximum absolute atomic E-state index is 4.99. The molecular weight excluding hydrogens is 364 g/mol. The fourth-order valence-electron chi connectivity index (χ4n) is 3.70. The molecule has 1 aromatic heterocycles. The molecule has 1 N–H and O–H groups in total. The van der Waals surface area contributed by atoms with E-state index in [-0.39, 0.29) is 0 Å². The molecule has 1 heterocycles. The lowest BCUT2D eigenvalue weighted by molar-refractivity contribution is 1.31. The van der Waals surface area contributed by atoms with Gasteiger partial charge in [0.25, 0.3) is 0 Å². The Morgan fingerprint density at radius 1 is 0.500 bits per heavy atom. The van der Waals surface area contributed by atoms with E-state index in [4.69, 9.17) is 4.98 Å². The average Bonchev–Trinajstić information content (AvgIpc) is 3.27. The largest absolute Gasteiger partial charge is 0.337 e.